The Labute approximate surface area is 280 Å². The van der Waals surface area contributed by atoms with Gasteiger partial charge >= 0.3 is 0 Å². The first-order chi connectivity index (χ1) is 22.0. The summed E-state index contributed by atoms with van der Waals surface area (Å²) in [5, 5.41) is 3.55. The molecule has 2 amide bonds. The van der Waals surface area contributed by atoms with Gasteiger partial charge in [0.15, 0.2) is 0 Å². The molecule has 4 aromatic rings. The Hall–Kier alpha value is -4.05. The van der Waals surface area contributed by atoms with Crippen LogP contribution in [-0.4, -0.2) is 51.4 Å². The second kappa shape index (κ2) is 16.0. The Morgan fingerprint density at radius 3 is 2.09 bits per heavy atom. The molecule has 0 bridgehead atoms. The number of methoxy groups -OCH3 is 1. The Kier molecular flexibility index (Phi) is 12.1. The van der Waals surface area contributed by atoms with E-state index >= 15 is 0 Å². The van der Waals surface area contributed by atoms with Crippen molar-refractivity contribution in [1.29, 1.82) is 0 Å². The topological polar surface area (TPSA) is 96.0 Å². The third kappa shape index (κ3) is 8.81. The van der Waals surface area contributed by atoms with Gasteiger partial charge in [0, 0.05) is 24.5 Å². The molecule has 0 aliphatic carbocycles. The SMILES string of the molecule is COc1ccc(N(CC(=O)N(Cc2ccccc2Cl)[C@@H](Cc2ccccc2)C(=O)NCC(C)C)S(=O)(=O)c2ccccc2)cc1Cl. The minimum Gasteiger partial charge on any atom is -0.495 e. The molecular formula is C35H37Cl2N3O5S. The number of sulfonamides is 1. The summed E-state index contributed by atoms with van der Waals surface area (Å²) in [5.41, 5.74) is 1.60. The highest BCUT2D eigenvalue weighted by Crippen LogP contribution is 2.32. The van der Waals surface area contributed by atoms with Crippen LogP contribution in [0.2, 0.25) is 10.0 Å². The van der Waals surface area contributed by atoms with Crippen molar-refractivity contribution in [3.63, 3.8) is 0 Å². The summed E-state index contributed by atoms with van der Waals surface area (Å²) in [6.45, 7) is 3.70. The van der Waals surface area contributed by atoms with Gasteiger partial charge in [0.2, 0.25) is 11.8 Å². The van der Waals surface area contributed by atoms with Gasteiger partial charge in [0.1, 0.15) is 18.3 Å². The number of carbonyl (C=O) groups is 2. The molecule has 0 unspecified atom stereocenters. The molecule has 0 aromatic heterocycles. The van der Waals surface area contributed by atoms with E-state index in [0.717, 1.165) is 9.87 Å². The van der Waals surface area contributed by atoms with Gasteiger partial charge in [-0.15, -0.1) is 0 Å². The Bertz CT molecular complexity index is 1740. The Balaban J connectivity index is 1.82. The molecule has 0 radical (unpaired) electrons. The quantitative estimate of drug-likeness (QED) is 0.162. The second-order valence-corrected chi connectivity index (χ2v) is 13.8. The lowest BCUT2D eigenvalue weighted by Crippen LogP contribution is -2.53. The summed E-state index contributed by atoms with van der Waals surface area (Å²) in [5.74, 6) is -0.450. The van der Waals surface area contributed by atoms with Crippen LogP contribution < -0.4 is 14.4 Å². The predicted octanol–water partition coefficient (Wildman–Crippen LogP) is 6.61. The normalized spacial score (nSPS) is 12.0. The molecule has 0 fully saturated rings. The first-order valence-electron chi connectivity index (χ1n) is 14.8. The van der Waals surface area contributed by atoms with Crippen LogP contribution in [-0.2, 0) is 32.6 Å². The van der Waals surface area contributed by atoms with E-state index < -0.39 is 28.5 Å². The zero-order valence-electron chi connectivity index (χ0n) is 25.9. The number of carbonyl (C=O) groups excluding carboxylic acids is 2. The van der Waals surface area contributed by atoms with Gasteiger partial charge in [-0.3, -0.25) is 13.9 Å². The van der Waals surface area contributed by atoms with Gasteiger partial charge in [-0.2, -0.15) is 0 Å². The summed E-state index contributed by atoms with van der Waals surface area (Å²) in [7, 11) is -2.82. The highest BCUT2D eigenvalue weighted by Gasteiger charge is 2.35. The average Bonchev–Trinajstić information content (AvgIpc) is 3.05. The monoisotopic (exact) mass is 681 g/mol. The Morgan fingerprint density at radius 2 is 1.48 bits per heavy atom. The average molecular weight is 683 g/mol. The third-order valence-corrected chi connectivity index (χ3v) is 9.74. The van der Waals surface area contributed by atoms with Crippen molar-refractivity contribution >= 4 is 50.7 Å². The molecule has 0 heterocycles. The Morgan fingerprint density at radius 1 is 0.848 bits per heavy atom. The lowest BCUT2D eigenvalue weighted by atomic mass is 10.0. The summed E-state index contributed by atoms with van der Waals surface area (Å²) in [4.78, 5) is 29.8. The van der Waals surface area contributed by atoms with Crippen molar-refractivity contribution in [3.8, 4) is 5.75 Å². The number of ether oxygens (including phenoxy) is 1. The maximum Gasteiger partial charge on any atom is 0.264 e. The van der Waals surface area contributed by atoms with Crippen LogP contribution in [0.3, 0.4) is 0 Å². The summed E-state index contributed by atoms with van der Waals surface area (Å²) >= 11 is 13.0. The van der Waals surface area contributed by atoms with Gasteiger partial charge in [0.25, 0.3) is 10.0 Å². The first-order valence-corrected chi connectivity index (χ1v) is 17.0. The molecule has 1 atom stereocenters. The number of nitrogens with one attached hydrogen (secondary N) is 1. The molecule has 1 N–H and O–H groups in total. The molecule has 8 nitrogen and oxygen atoms in total. The fourth-order valence-electron chi connectivity index (χ4n) is 4.85. The van der Waals surface area contributed by atoms with Crippen LogP contribution in [0.1, 0.15) is 25.0 Å². The minimum atomic E-state index is -4.27. The summed E-state index contributed by atoms with van der Waals surface area (Å²) < 4.78 is 34.5. The molecule has 4 aromatic carbocycles. The van der Waals surface area contributed by atoms with Gasteiger partial charge in [-0.25, -0.2) is 8.42 Å². The van der Waals surface area contributed by atoms with Crippen molar-refractivity contribution in [2.24, 2.45) is 5.92 Å². The van der Waals surface area contributed by atoms with E-state index in [-0.39, 0.29) is 40.4 Å². The zero-order chi connectivity index (χ0) is 33.3. The molecule has 0 aliphatic heterocycles. The van der Waals surface area contributed by atoms with Crippen molar-refractivity contribution in [2.45, 2.75) is 37.8 Å². The fraction of sp³-hybridized carbons (Fsp3) is 0.257. The van der Waals surface area contributed by atoms with Gasteiger partial charge < -0.3 is 15.0 Å². The van der Waals surface area contributed by atoms with Crippen LogP contribution >= 0.6 is 23.2 Å². The van der Waals surface area contributed by atoms with Crippen molar-refractivity contribution < 1.29 is 22.7 Å². The summed E-state index contributed by atoms with van der Waals surface area (Å²) in [6, 6.07) is 27.7. The van der Waals surface area contributed by atoms with Crippen LogP contribution in [0.15, 0.2) is 108 Å². The lowest BCUT2D eigenvalue weighted by Gasteiger charge is -2.34. The van der Waals surface area contributed by atoms with Gasteiger partial charge in [-0.05, 0) is 53.4 Å². The van der Waals surface area contributed by atoms with E-state index in [1.54, 1.807) is 42.5 Å². The van der Waals surface area contributed by atoms with Crippen LogP contribution in [0.5, 0.6) is 5.75 Å². The van der Waals surface area contributed by atoms with Crippen LogP contribution in [0, 0.1) is 5.92 Å². The van der Waals surface area contributed by atoms with Gasteiger partial charge in [-0.1, -0.05) is 104 Å². The smallest absolute Gasteiger partial charge is 0.264 e. The molecule has 46 heavy (non-hydrogen) atoms. The fourth-order valence-corrected chi connectivity index (χ4v) is 6.72. The molecule has 0 spiro atoms. The first kappa shape index (κ1) is 34.8. The lowest BCUT2D eigenvalue weighted by molar-refractivity contribution is -0.140. The standard InChI is InChI=1S/C35H37Cl2N3O5S/c1-25(2)22-38-35(42)32(20-26-12-6-4-7-13-26)39(23-27-14-10-11-17-30(27)36)34(41)24-40(28-18-19-33(45-3)31(37)21-28)46(43,44)29-15-8-5-9-16-29/h4-19,21,25,32H,20,22-24H2,1-3H3,(H,38,42)/t32-/m0/s1. The molecule has 11 heteroatoms. The van der Waals surface area contributed by atoms with E-state index in [1.165, 1.54) is 42.3 Å². The molecule has 4 rings (SSSR count). The number of amides is 2. The van der Waals surface area contributed by atoms with Crippen LogP contribution in [0.25, 0.3) is 0 Å². The zero-order valence-corrected chi connectivity index (χ0v) is 28.2. The minimum absolute atomic E-state index is 0.0112. The maximum absolute atomic E-state index is 14.5. The molecule has 0 saturated heterocycles. The number of benzene rings is 4. The van der Waals surface area contributed by atoms with Crippen molar-refractivity contribution in [2.75, 3.05) is 24.5 Å². The van der Waals surface area contributed by atoms with E-state index in [1.807, 2.05) is 44.2 Å². The molecule has 0 saturated carbocycles. The number of hydrogen-bond acceptors (Lipinski definition) is 5. The third-order valence-electron chi connectivity index (χ3n) is 7.29. The predicted molar refractivity (Wildman–Crippen MR) is 183 cm³/mol. The molecular weight excluding hydrogens is 645 g/mol. The van der Waals surface area contributed by atoms with E-state index in [0.29, 0.717) is 22.9 Å². The molecule has 0 aliphatic rings. The number of rotatable bonds is 14. The number of nitrogens with zero attached hydrogens (tertiary/aromatic N) is 2. The van der Waals surface area contributed by atoms with E-state index in [9.17, 15) is 18.0 Å². The number of hydrogen-bond donors (Lipinski definition) is 1. The van der Waals surface area contributed by atoms with Crippen molar-refractivity contribution in [3.05, 3.63) is 124 Å². The largest absolute Gasteiger partial charge is 0.495 e. The van der Waals surface area contributed by atoms with Crippen molar-refractivity contribution in [1.82, 2.24) is 10.2 Å². The summed E-state index contributed by atoms with van der Waals surface area (Å²) in [6.07, 6.45) is 0.195. The van der Waals surface area contributed by atoms with Crippen LogP contribution in [0.4, 0.5) is 5.69 Å². The van der Waals surface area contributed by atoms with E-state index in [2.05, 4.69) is 5.32 Å². The molecule has 242 valence electrons. The van der Waals surface area contributed by atoms with E-state index in [4.69, 9.17) is 27.9 Å². The maximum atomic E-state index is 14.5. The van der Waals surface area contributed by atoms with Gasteiger partial charge in [0.05, 0.1) is 22.7 Å². The second-order valence-electron chi connectivity index (χ2n) is 11.1. The highest BCUT2D eigenvalue weighted by molar-refractivity contribution is 7.92. The number of halogens is 2. The number of anilines is 1. The highest BCUT2D eigenvalue weighted by atomic mass is 35.5.